The van der Waals surface area contributed by atoms with Crippen molar-refractivity contribution in [1.29, 1.82) is 0 Å². The Balaban J connectivity index is 1.35. The monoisotopic (exact) mass is 587 g/mol. The van der Waals surface area contributed by atoms with Crippen LogP contribution in [0.2, 0.25) is 0 Å². The maximum atomic E-state index is 15.1. The molecule has 3 aromatic rings. The number of carbonyl (C=O) groups is 1. The smallest absolute Gasteiger partial charge is 0.330 e. The van der Waals surface area contributed by atoms with Crippen molar-refractivity contribution in [2.45, 2.75) is 50.8 Å². The standard InChI is InChI=1S/C27H31F2N7O4S/c1-16(2)36-25-18(11-31-26(33-25)32-20-9-22(37)13-30-12-20)14-35(27(36)38)21-7-8-24(23(29)10-21)34-41(39,40)15-17-3-5-19(28)6-4-17/h3-8,10-11,16,20,22,30,34,37H,9,12-15H2,1-2H3,(H,31,32,33)/t20-,22-/m0/s1. The number of anilines is 4. The van der Waals surface area contributed by atoms with E-state index in [1.807, 2.05) is 13.8 Å². The van der Waals surface area contributed by atoms with Gasteiger partial charge in [0.2, 0.25) is 16.0 Å². The SMILES string of the molecule is CC(C)N1C(=O)N(c2ccc(NS(=O)(=O)Cc3ccc(F)cc3)c(F)c2)Cc2cnc(N[C@@H]3CNC[C@@H](O)C3)nc21. The fraction of sp³-hybridized carbons (Fsp3) is 0.370. The highest BCUT2D eigenvalue weighted by molar-refractivity contribution is 7.91. The Morgan fingerprint density at radius 1 is 1.15 bits per heavy atom. The highest BCUT2D eigenvalue weighted by Crippen LogP contribution is 2.34. The van der Waals surface area contributed by atoms with E-state index in [2.05, 4.69) is 25.3 Å². The fourth-order valence-electron chi connectivity index (χ4n) is 4.88. The lowest BCUT2D eigenvalue weighted by atomic mass is 10.1. The third-order valence-corrected chi connectivity index (χ3v) is 8.06. The van der Waals surface area contributed by atoms with Gasteiger partial charge < -0.3 is 15.7 Å². The number of halogens is 2. The number of nitrogens with zero attached hydrogens (tertiary/aromatic N) is 4. The first-order valence-corrected chi connectivity index (χ1v) is 14.8. The van der Waals surface area contributed by atoms with Crippen LogP contribution in [-0.2, 0) is 22.3 Å². The highest BCUT2D eigenvalue weighted by Gasteiger charge is 2.35. The average molecular weight is 588 g/mol. The number of hydrogen-bond donors (Lipinski definition) is 4. The van der Waals surface area contributed by atoms with Crippen molar-refractivity contribution in [2.75, 3.05) is 32.9 Å². The summed E-state index contributed by atoms with van der Waals surface area (Å²) in [5.41, 5.74) is 0.948. The summed E-state index contributed by atoms with van der Waals surface area (Å²) in [6.45, 7) is 4.92. The van der Waals surface area contributed by atoms with Crippen LogP contribution in [0.4, 0.5) is 36.7 Å². The van der Waals surface area contributed by atoms with Gasteiger partial charge in [-0.3, -0.25) is 14.5 Å². The molecule has 1 aromatic heterocycles. The van der Waals surface area contributed by atoms with Gasteiger partial charge in [0, 0.05) is 42.6 Å². The summed E-state index contributed by atoms with van der Waals surface area (Å²) in [5.74, 6) is -1.05. The van der Waals surface area contributed by atoms with Crippen molar-refractivity contribution < 1.29 is 27.1 Å². The van der Waals surface area contributed by atoms with Crippen LogP contribution in [0, 0.1) is 11.6 Å². The molecule has 2 aliphatic heterocycles. The van der Waals surface area contributed by atoms with Gasteiger partial charge in [-0.05, 0) is 56.2 Å². The molecule has 0 unspecified atom stereocenters. The summed E-state index contributed by atoms with van der Waals surface area (Å²) in [5, 5.41) is 16.3. The Morgan fingerprint density at radius 2 is 1.90 bits per heavy atom. The average Bonchev–Trinajstić information content (AvgIpc) is 2.90. The van der Waals surface area contributed by atoms with Crippen LogP contribution in [-0.4, -0.2) is 60.8 Å². The number of sulfonamides is 1. The number of carbonyl (C=O) groups excluding carboxylic acids is 1. The zero-order valence-corrected chi connectivity index (χ0v) is 23.3. The van der Waals surface area contributed by atoms with Gasteiger partial charge in [0.25, 0.3) is 0 Å². The normalized spacial score (nSPS) is 19.3. The van der Waals surface area contributed by atoms with Crippen molar-refractivity contribution in [3.05, 3.63) is 71.4 Å². The highest BCUT2D eigenvalue weighted by atomic mass is 32.2. The van der Waals surface area contributed by atoms with Gasteiger partial charge in [0.15, 0.2) is 0 Å². The van der Waals surface area contributed by atoms with E-state index in [9.17, 15) is 22.7 Å². The number of aliphatic hydroxyl groups excluding tert-OH is 1. The second kappa shape index (κ2) is 11.5. The quantitative estimate of drug-likeness (QED) is 0.315. The maximum Gasteiger partial charge on any atom is 0.330 e. The van der Waals surface area contributed by atoms with Crippen LogP contribution in [0.5, 0.6) is 0 Å². The molecule has 0 spiro atoms. The molecule has 0 bridgehead atoms. The molecule has 0 saturated carbocycles. The van der Waals surface area contributed by atoms with Gasteiger partial charge in [0.1, 0.15) is 17.5 Å². The van der Waals surface area contributed by atoms with Gasteiger partial charge >= 0.3 is 6.03 Å². The summed E-state index contributed by atoms with van der Waals surface area (Å²) < 4.78 is 55.7. The van der Waals surface area contributed by atoms with Crippen LogP contribution in [0.3, 0.4) is 0 Å². The van der Waals surface area contributed by atoms with E-state index in [-0.39, 0.29) is 30.0 Å². The molecule has 2 atom stereocenters. The Labute approximate surface area is 236 Å². The number of aliphatic hydroxyl groups is 1. The van der Waals surface area contributed by atoms with Gasteiger partial charge in [-0.1, -0.05) is 12.1 Å². The molecule has 4 N–H and O–H groups in total. The Hall–Kier alpha value is -3.88. The van der Waals surface area contributed by atoms with Crippen LogP contribution in [0.25, 0.3) is 0 Å². The topological polar surface area (TPSA) is 140 Å². The number of aromatic nitrogens is 2. The molecule has 41 heavy (non-hydrogen) atoms. The molecule has 3 heterocycles. The van der Waals surface area contributed by atoms with Crippen molar-refractivity contribution >= 4 is 39.2 Å². The van der Waals surface area contributed by atoms with Crippen LogP contribution < -0.4 is 25.2 Å². The number of β-amino-alcohol motifs (C(OH)–C–C–N with tert-alkyl or cyclic N) is 1. The molecule has 14 heteroatoms. The predicted molar refractivity (Wildman–Crippen MR) is 151 cm³/mol. The van der Waals surface area contributed by atoms with Crippen LogP contribution in [0.15, 0.2) is 48.7 Å². The van der Waals surface area contributed by atoms with Gasteiger partial charge in [0.05, 0.1) is 24.1 Å². The lowest BCUT2D eigenvalue weighted by Crippen LogP contribution is -2.51. The Bertz CT molecular complexity index is 1540. The fourth-order valence-corrected chi connectivity index (χ4v) is 6.09. The first-order chi connectivity index (χ1) is 19.5. The van der Waals surface area contributed by atoms with Crippen molar-refractivity contribution in [2.24, 2.45) is 0 Å². The molecule has 2 aromatic carbocycles. The minimum atomic E-state index is -3.99. The first kappa shape index (κ1) is 28.6. The van der Waals surface area contributed by atoms with E-state index in [1.54, 1.807) is 6.20 Å². The van der Waals surface area contributed by atoms with E-state index in [0.717, 1.165) is 18.2 Å². The van der Waals surface area contributed by atoms with Crippen LogP contribution >= 0.6 is 0 Å². The molecular formula is C27H31F2N7O4S. The number of hydrogen-bond acceptors (Lipinski definition) is 8. The van der Waals surface area contributed by atoms with Gasteiger partial charge in [-0.25, -0.2) is 27.0 Å². The second-order valence-corrected chi connectivity index (χ2v) is 12.1. The summed E-state index contributed by atoms with van der Waals surface area (Å²) >= 11 is 0. The van der Waals surface area contributed by atoms with E-state index >= 15 is 4.39 Å². The van der Waals surface area contributed by atoms with Crippen LogP contribution in [0.1, 0.15) is 31.4 Å². The molecule has 5 rings (SSSR count). The molecule has 11 nitrogen and oxygen atoms in total. The minimum absolute atomic E-state index is 0.0744. The molecule has 1 fully saturated rings. The first-order valence-electron chi connectivity index (χ1n) is 13.2. The number of benzene rings is 2. The lowest BCUT2D eigenvalue weighted by Gasteiger charge is -2.38. The van der Waals surface area contributed by atoms with E-state index in [0.29, 0.717) is 42.4 Å². The molecule has 1 saturated heterocycles. The zero-order chi connectivity index (χ0) is 29.3. The summed E-state index contributed by atoms with van der Waals surface area (Å²) in [6, 6.07) is 8.01. The summed E-state index contributed by atoms with van der Waals surface area (Å²) in [7, 11) is -3.99. The van der Waals surface area contributed by atoms with Crippen molar-refractivity contribution in [3.63, 3.8) is 0 Å². The number of rotatable bonds is 8. The number of piperidine rings is 1. The van der Waals surface area contributed by atoms with E-state index in [4.69, 9.17) is 0 Å². The Kier molecular flexibility index (Phi) is 8.07. The summed E-state index contributed by atoms with van der Waals surface area (Å²) in [4.78, 5) is 25.5. The minimum Gasteiger partial charge on any atom is -0.392 e. The van der Waals surface area contributed by atoms with E-state index < -0.39 is 39.5 Å². The Morgan fingerprint density at radius 3 is 2.59 bits per heavy atom. The van der Waals surface area contributed by atoms with Crippen molar-refractivity contribution in [1.82, 2.24) is 15.3 Å². The van der Waals surface area contributed by atoms with Crippen molar-refractivity contribution in [3.8, 4) is 0 Å². The predicted octanol–water partition coefficient (Wildman–Crippen LogP) is 3.19. The number of fused-ring (bicyclic) bond motifs is 1. The number of nitrogens with one attached hydrogen (secondary N) is 3. The largest absolute Gasteiger partial charge is 0.392 e. The third kappa shape index (κ3) is 6.55. The molecule has 2 aliphatic rings. The molecule has 0 aliphatic carbocycles. The third-order valence-electron chi connectivity index (χ3n) is 6.81. The number of urea groups is 1. The lowest BCUT2D eigenvalue weighted by molar-refractivity contribution is 0.136. The maximum absolute atomic E-state index is 15.1. The second-order valence-electron chi connectivity index (χ2n) is 10.4. The zero-order valence-electron chi connectivity index (χ0n) is 22.5. The number of amides is 2. The molecule has 218 valence electrons. The molecular weight excluding hydrogens is 556 g/mol. The molecule has 0 radical (unpaired) electrons. The summed E-state index contributed by atoms with van der Waals surface area (Å²) in [6.07, 6.45) is 1.68. The van der Waals surface area contributed by atoms with E-state index in [1.165, 1.54) is 34.1 Å². The van der Waals surface area contributed by atoms with Gasteiger partial charge in [-0.2, -0.15) is 4.98 Å². The van der Waals surface area contributed by atoms with Gasteiger partial charge in [-0.15, -0.1) is 0 Å². The molecule has 2 amide bonds.